The van der Waals surface area contributed by atoms with Crippen LogP contribution in [0, 0.1) is 12.7 Å². The lowest BCUT2D eigenvalue weighted by Gasteiger charge is -2.36. The van der Waals surface area contributed by atoms with Crippen molar-refractivity contribution in [1.82, 2.24) is 77.7 Å². The number of aliphatic hydroxyl groups is 2. The molecule has 1 aliphatic heterocycles. The van der Waals surface area contributed by atoms with Crippen LogP contribution in [0.3, 0.4) is 0 Å². The van der Waals surface area contributed by atoms with Crippen molar-refractivity contribution in [1.29, 1.82) is 0 Å². The Bertz CT molecular complexity index is 4690. The summed E-state index contributed by atoms with van der Waals surface area (Å²) >= 11 is 0. The zero-order valence-electron chi connectivity index (χ0n) is 65.8. The molecule has 7 aromatic rings. The summed E-state index contributed by atoms with van der Waals surface area (Å²) in [7, 11) is 2.71. The number of imidazole rings is 2. The van der Waals surface area contributed by atoms with Crippen molar-refractivity contribution in [2.45, 2.75) is 184 Å². The van der Waals surface area contributed by atoms with Crippen LogP contribution in [0.2, 0.25) is 0 Å². The number of methoxy groups -OCH3 is 2. The van der Waals surface area contributed by atoms with Gasteiger partial charge in [0, 0.05) is 76.3 Å². The summed E-state index contributed by atoms with van der Waals surface area (Å²) in [4.78, 5) is 201. The second-order valence-electron chi connectivity index (χ2n) is 28.9. The number of nitrogens with two attached hydrogens (primary N) is 1. The normalized spacial score (nSPS) is 16.2. The van der Waals surface area contributed by atoms with Crippen molar-refractivity contribution in [2.75, 3.05) is 27.3 Å². The fourth-order valence-electron chi connectivity index (χ4n) is 13.4. The molecular weight excluding hydrogens is 1520 g/mol. The molecule has 1 aliphatic rings. The van der Waals surface area contributed by atoms with Gasteiger partial charge >= 0.3 is 11.9 Å². The number of carboxylic acid groups (broad SMARTS) is 2. The minimum atomic E-state index is -2.37. The van der Waals surface area contributed by atoms with E-state index in [0.717, 1.165) is 59.7 Å². The molecule has 35 nitrogen and oxygen atoms in total. The Balaban J connectivity index is 0.996. The van der Waals surface area contributed by atoms with Crippen LogP contribution < -0.4 is 58.3 Å². The molecule has 1 saturated heterocycles. The number of amides is 11. The van der Waals surface area contributed by atoms with Gasteiger partial charge in [0.15, 0.2) is 0 Å². The van der Waals surface area contributed by atoms with Crippen LogP contribution in [0.1, 0.15) is 106 Å². The number of benzene rings is 4. The number of aromatic amines is 2. The number of pyridine rings is 1. The number of carbonyl (C=O) groups is 13. The molecule has 8 rings (SSSR count). The number of nitrogens with zero attached hydrogens (tertiary/aromatic N) is 4. The summed E-state index contributed by atoms with van der Waals surface area (Å²) in [5.41, 5.74) is 8.27. The standard InChI is InChI=1S/C81H99FN16O19/c1-9-49-33-54(117-8)24-25-56(49)50-22-19-47(20-23-50)31-61(72(108)90-60(70(83)106)32-48-21-26-58(86-38-48)55-17-12-10-15-44(55)2)91-74(110)63(36-67(104)105)92-73(109)62(34-52-39-84-42-88-52)93-75(111)68(45(3)99)96-78(114)80(5,37-51-16-11-13-18-57(51)82)97-76(112)69(46(4)116-7)95-65(101)41-87-71(107)59(27-28-66(102)103)94-79(115)81(6)29-14-30-98(81)77(113)64(100)35-53-40-85-43-89-53/h10-13,15-26,33,38-40,42-43,45-46,59-64,68-69,99-100H,9,14,27-32,34-37,41H2,1-8H3,(H2,83,106)(H,84,88)(H,85,89)(H,87,107)(H,90,108)(H,91,110)(H,92,109)(H,93,111)(H,94,115)(H,95,101)(H,96,114)(H,97,112)(H,102,103)(H,104,105)/t45-,46-,59+,60+,61+,62+,63+,64+,68+,69+,80?,81?/m1/s1. The number of aryl methyl sites for hydroxylation is 2. The number of carboxylic acids is 2. The first-order valence-electron chi connectivity index (χ1n) is 37.8. The molecule has 624 valence electrons. The van der Waals surface area contributed by atoms with Gasteiger partial charge in [-0.1, -0.05) is 85.8 Å². The lowest BCUT2D eigenvalue weighted by atomic mass is 9.90. The minimum Gasteiger partial charge on any atom is -0.497 e. The van der Waals surface area contributed by atoms with Crippen LogP contribution in [0.25, 0.3) is 22.4 Å². The number of carbonyl (C=O) groups excluding carboxylic acids is 11. The number of rotatable bonds is 42. The Hall–Kier alpha value is -12.8. The van der Waals surface area contributed by atoms with E-state index >= 15 is 9.18 Å². The largest absolute Gasteiger partial charge is 0.497 e. The summed E-state index contributed by atoms with van der Waals surface area (Å²) < 4.78 is 26.6. The van der Waals surface area contributed by atoms with E-state index in [1.165, 1.54) is 63.3 Å². The fourth-order valence-corrected chi connectivity index (χ4v) is 13.4. The highest BCUT2D eigenvalue weighted by molar-refractivity contribution is 6.01. The van der Waals surface area contributed by atoms with Gasteiger partial charge in [-0.25, -0.2) is 14.4 Å². The van der Waals surface area contributed by atoms with Crippen molar-refractivity contribution in [3.05, 3.63) is 179 Å². The molecule has 36 heteroatoms. The van der Waals surface area contributed by atoms with Crippen LogP contribution in [0.15, 0.2) is 134 Å². The van der Waals surface area contributed by atoms with E-state index in [1.54, 1.807) is 49.6 Å². The van der Waals surface area contributed by atoms with Crippen molar-refractivity contribution in [3.63, 3.8) is 0 Å². The van der Waals surface area contributed by atoms with Gasteiger partial charge in [-0.3, -0.25) is 67.3 Å². The highest BCUT2D eigenvalue weighted by Gasteiger charge is 2.49. The lowest BCUT2D eigenvalue weighted by molar-refractivity contribution is -0.151. The average Bonchev–Trinajstić information content (AvgIpc) is 1.66. The maximum atomic E-state index is 15.7. The monoisotopic (exact) mass is 1620 g/mol. The summed E-state index contributed by atoms with van der Waals surface area (Å²) in [6.45, 7) is 7.96. The quantitative estimate of drug-likeness (QED) is 0.0251. The first kappa shape index (κ1) is 89.7. The predicted molar refractivity (Wildman–Crippen MR) is 419 cm³/mol. The SMILES string of the molecule is CCc1cc(OC)ccc1-c1ccc(C[C@H](NC(=O)[C@H](CC(=O)O)NC(=O)[C@H](Cc2c[nH]cn2)NC(=O)[C@@H](NC(=O)C(C)(Cc2ccccc2F)NC(=O)[C@@H](NC(=O)CNC(=O)[C@H](CCC(=O)O)NC(=O)C2(C)CCCN2C(=O)[C@@H](O)Cc2c[nH]cn2)[C@@H](C)OC)[C@@H](C)O)C(=O)N[C@@H](Cc2ccc(-c3ccccc3C)nc2)C(N)=O)cc1. The third kappa shape index (κ3) is 24.6. The van der Waals surface area contributed by atoms with Crippen molar-refractivity contribution < 1.29 is 96.6 Å². The van der Waals surface area contributed by atoms with Gasteiger partial charge in [0.1, 0.15) is 71.0 Å². The fraction of sp³-hybridized carbons (Fsp3) is 0.407. The molecule has 2 unspecified atom stereocenters. The van der Waals surface area contributed by atoms with Gasteiger partial charge in [0.05, 0.1) is 62.0 Å². The van der Waals surface area contributed by atoms with E-state index in [1.807, 2.05) is 50.2 Å². The second-order valence-corrected chi connectivity index (χ2v) is 28.9. The number of aliphatic hydroxyl groups excluding tert-OH is 2. The molecule has 17 N–H and O–H groups in total. The highest BCUT2D eigenvalue weighted by atomic mass is 19.1. The van der Waals surface area contributed by atoms with Gasteiger partial charge in [0.25, 0.3) is 5.91 Å². The number of likely N-dealkylation sites (tertiary alicyclic amines) is 1. The van der Waals surface area contributed by atoms with E-state index in [-0.39, 0.29) is 43.5 Å². The van der Waals surface area contributed by atoms with E-state index in [0.29, 0.717) is 41.1 Å². The van der Waals surface area contributed by atoms with Gasteiger partial charge < -0.3 is 98.4 Å². The third-order valence-electron chi connectivity index (χ3n) is 20.2. The Labute approximate surface area is 672 Å². The Morgan fingerprint density at radius 1 is 0.650 bits per heavy atom. The molecule has 0 spiro atoms. The van der Waals surface area contributed by atoms with Crippen LogP contribution in [0.5, 0.6) is 5.75 Å². The molecule has 11 amide bonds. The molecule has 0 saturated carbocycles. The van der Waals surface area contributed by atoms with E-state index in [9.17, 15) is 78.0 Å². The first-order valence-corrected chi connectivity index (χ1v) is 37.8. The predicted octanol–water partition coefficient (Wildman–Crippen LogP) is 0.761. The van der Waals surface area contributed by atoms with Gasteiger partial charge in [-0.05, 0) is 124 Å². The van der Waals surface area contributed by atoms with Crippen molar-refractivity contribution in [3.8, 4) is 28.1 Å². The van der Waals surface area contributed by atoms with Crippen LogP contribution in [0.4, 0.5) is 4.39 Å². The van der Waals surface area contributed by atoms with Crippen molar-refractivity contribution in [2.24, 2.45) is 5.73 Å². The first-order chi connectivity index (χ1) is 55.6. The van der Waals surface area contributed by atoms with Gasteiger partial charge in [-0.2, -0.15) is 0 Å². The van der Waals surface area contributed by atoms with E-state index in [4.69, 9.17) is 15.2 Å². The second kappa shape index (κ2) is 41.5. The van der Waals surface area contributed by atoms with Crippen molar-refractivity contribution >= 4 is 76.9 Å². The summed E-state index contributed by atoms with van der Waals surface area (Å²) in [6.07, 6.45) is -0.902. The molecule has 12 atom stereocenters. The molecule has 0 radical (unpaired) electrons. The topological polar surface area (TPSA) is 529 Å². The number of aliphatic carboxylic acids is 2. The molecular formula is C81H99FN16O19. The zero-order chi connectivity index (χ0) is 85.4. The number of hydrogen-bond donors (Lipinski definition) is 16. The maximum Gasteiger partial charge on any atom is 0.305 e. The summed E-state index contributed by atoms with van der Waals surface area (Å²) in [5.74, 6) is -15.2. The molecule has 4 heterocycles. The minimum absolute atomic E-state index is 0.0499. The van der Waals surface area contributed by atoms with Crippen LogP contribution >= 0.6 is 0 Å². The van der Waals surface area contributed by atoms with Crippen LogP contribution in [-0.2, 0) is 106 Å². The van der Waals surface area contributed by atoms with Crippen LogP contribution in [-0.4, -0.2) is 226 Å². The summed E-state index contributed by atoms with van der Waals surface area (Å²) in [5, 5.41) is 64.2. The summed E-state index contributed by atoms with van der Waals surface area (Å²) in [6, 6.07) is 16.3. The molecule has 0 bridgehead atoms. The van der Waals surface area contributed by atoms with E-state index in [2.05, 4.69) is 72.8 Å². The number of H-pyrrole nitrogens is 2. The number of halogens is 1. The Morgan fingerprint density at radius 3 is 1.86 bits per heavy atom. The highest BCUT2D eigenvalue weighted by Crippen LogP contribution is 2.32. The van der Waals surface area contributed by atoms with Gasteiger partial charge in [0.2, 0.25) is 59.1 Å². The number of hydrogen-bond acceptors (Lipinski definition) is 20. The third-order valence-corrected chi connectivity index (χ3v) is 20.2. The molecule has 3 aromatic heterocycles. The molecule has 4 aromatic carbocycles. The maximum absolute atomic E-state index is 15.7. The Morgan fingerprint density at radius 2 is 1.26 bits per heavy atom. The zero-order valence-corrected chi connectivity index (χ0v) is 65.8. The molecule has 117 heavy (non-hydrogen) atoms. The Kier molecular flexibility index (Phi) is 31.8. The number of ether oxygens (including phenoxy) is 2. The number of nitrogens with one attached hydrogen (secondary N) is 11. The van der Waals surface area contributed by atoms with Gasteiger partial charge in [-0.15, -0.1) is 0 Å². The number of aromatic nitrogens is 5. The molecule has 1 fully saturated rings. The van der Waals surface area contributed by atoms with E-state index < -0.39 is 193 Å². The molecule has 0 aliphatic carbocycles. The lowest BCUT2D eigenvalue weighted by Crippen LogP contribution is -2.67. The number of primary amides is 1. The smallest absolute Gasteiger partial charge is 0.305 e. The average molecular weight is 1620 g/mol.